The maximum absolute atomic E-state index is 12.7. The van der Waals surface area contributed by atoms with Crippen molar-refractivity contribution in [3.63, 3.8) is 0 Å². The Morgan fingerprint density at radius 2 is 2.29 bits per heavy atom. The van der Waals surface area contributed by atoms with E-state index in [1.54, 1.807) is 23.7 Å². The molecule has 1 saturated heterocycles. The number of nitrogens with zero attached hydrogens (tertiary/aromatic N) is 2. The van der Waals surface area contributed by atoms with E-state index in [2.05, 4.69) is 27.7 Å². The number of H-pyrrole nitrogens is 1. The van der Waals surface area contributed by atoms with Crippen LogP contribution < -0.4 is 0 Å². The first-order chi connectivity index (χ1) is 11.8. The van der Waals surface area contributed by atoms with Gasteiger partial charge in [-0.05, 0) is 30.0 Å². The molecule has 3 aromatic heterocycles. The Morgan fingerprint density at radius 1 is 1.33 bits per heavy atom. The smallest absolute Gasteiger partial charge is 0.274 e. The Labute approximate surface area is 148 Å². The van der Waals surface area contributed by atoms with Crippen molar-refractivity contribution in [3.8, 4) is 11.5 Å². The van der Waals surface area contributed by atoms with Gasteiger partial charge >= 0.3 is 0 Å². The Morgan fingerprint density at radius 3 is 3.08 bits per heavy atom. The van der Waals surface area contributed by atoms with Crippen LogP contribution >= 0.6 is 23.1 Å². The molecule has 24 heavy (non-hydrogen) atoms. The molecule has 3 aromatic rings. The average Bonchev–Trinajstić information content (AvgIpc) is 3.33. The van der Waals surface area contributed by atoms with Crippen LogP contribution in [0.15, 0.2) is 46.4 Å². The first-order valence-electron chi connectivity index (χ1n) is 7.85. The summed E-state index contributed by atoms with van der Waals surface area (Å²) in [5.41, 5.74) is 1.17. The van der Waals surface area contributed by atoms with Crippen LogP contribution in [-0.2, 0) is 0 Å². The van der Waals surface area contributed by atoms with E-state index in [1.165, 1.54) is 4.88 Å². The Balaban J connectivity index is 1.45. The monoisotopic (exact) mass is 359 g/mol. The lowest BCUT2D eigenvalue weighted by molar-refractivity contribution is 0.0761. The fourth-order valence-electron chi connectivity index (χ4n) is 2.83. The van der Waals surface area contributed by atoms with Crippen LogP contribution in [0.1, 0.15) is 27.0 Å². The van der Waals surface area contributed by atoms with Gasteiger partial charge in [0.25, 0.3) is 5.91 Å². The largest absolute Gasteiger partial charge is 0.463 e. The summed E-state index contributed by atoms with van der Waals surface area (Å²) in [6.07, 6.45) is 2.58. The van der Waals surface area contributed by atoms with Crippen molar-refractivity contribution < 1.29 is 9.21 Å². The standard InChI is InChI=1S/C17H17N3O2S2/c21-17(13-11-12(18-19-13)14-3-1-8-22-14)20-6-5-16(24-10-7-20)15-4-2-9-23-15/h1-4,8-9,11,16H,5-7,10H2,(H,18,19)/t16-/m0/s1. The zero-order valence-corrected chi connectivity index (χ0v) is 14.6. The molecule has 1 aliphatic heterocycles. The summed E-state index contributed by atoms with van der Waals surface area (Å²) in [7, 11) is 0. The third-order valence-electron chi connectivity index (χ3n) is 4.07. The number of hydrogen-bond acceptors (Lipinski definition) is 5. The second-order valence-electron chi connectivity index (χ2n) is 5.60. The van der Waals surface area contributed by atoms with Crippen molar-refractivity contribution in [2.45, 2.75) is 11.7 Å². The van der Waals surface area contributed by atoms with Crippen LogP contribution in [-0.4, -0.2) is 39.8 Å². The molecule has 1 aliphatic rings. The van der Waals surface area contributed by atoms with Crippen molar-refractivity contribution in [3.05, 3.63) is 52.5 Å². The molecule has 1 fully saturated rings. The number of amides is 1. The first kappa shape index (κ1) is 15.5. The molecule has 1 N–H and O–H groups in total. The molecule has 0 aromatic carbocycles. The first-order valence-corrected chi connectivity index (χ1v) is 9.77. The number of thioether (sulfide) groups is 1. The van der Waals surface area contributed by atoms with E-state index < -0.39 is 0 Å². The van der Waals surface area contributed by atoms with E-state index in [0.29, 0.717) is 16.7 Å². The molecule has 124 valence electrons. The fraction of sp³-hybridized carbons (Fsp3) is 0.294. The van der Waals surface area contributed by atoms with E-state index >= 15 is 0 Å². The lowest BCUT2D eigenvalue weighted by Crippen LogP contribution is -2.33. The highest BCUT2D eigenvalue weighted by Crippen LogP contribution is 2.36. The number of nitrogens with one attached hydrogen (secondary N) is 1. The molecular formula is C17H17N3O2S2. The van der Waals surface area contributed by atoms with Crippen LogP contribution in [0.2, 0.25) is 0 Å². The van der Waals surface area contributed by atoms with Gasteiger partial charge < -0.3 is 9.32 Å². The molecule has 0 spiro atoms. The predicted octanol–water partition coefficient (Wildman–Crippen LogP) is 4.05. The summed E-state index contributed by atoms with van der Waals surface area (Å²) in [6, 6.07) is 9.69. The number of aromatic amines is 1. The van der Waals surface area contributed by atoms with Gasteiger partial charge in [0.2, 0.25) is 0 Å². The molecule has 4 rings (SSSR count). The van der Waals surface area contributed by atoms with E-state index in [0.717, 1.165) is 31.0 Å². The second kappa shape index (κ2) is 6.86. The predicted molar refractivity (Wildman–Crippen MR) is 96.3 cm³/mol. The van der Waals surface area contributed by atoms with Crippen molar-refractivity contribution in [2.75, 3.05) is 18.8 Å². The van der Waals surface area contributed by atoms with Crippen LogP contribution in [0.5, 0.6) is 0 Å². The quantitative estimate of drug-likeness (QED) is 0.766. The topological polar surface area (TPSA) is 62.1 Å². The number of aromatic nitrogens is 2. The minimum atomic E-state index is -0.0171. The van der Waals surface area contributed by atoms with Crippen LogP contribution in [0.4, 0.5) is 0 Å². The average molecular weight is 359 g/mol. The summed E-state index contributed by atoms with van der Waals surface area (Å²) in [6.45, 7) is 1.52. The molecule has 1 atom stereocenters. The zero-order chi connectivity index (χ0) is 16.4. The summed E-state index contributed by atoms with van der Waals surface area (Å²) < 4.78 is 5.34. The second-order valence-corrected chi connectivity index (χ2v) is 7.89. The van der Waals surface area contributed by atoms with Gasteiger partial charge in [0.15, 0.2) is 11.5 Å². The number of carbonyl (C=O) groups is 1. The molecule has 0 bridgehead atoms. The van der Waals surface area contributed by atoms with Gasteiger partial charge in [0.05, 0.1) is 6.26 Å². The Bertz CT molecular complexity index is 796. The van der Waals surface area contributed by atoms with E-state index in [9.17, 15) is 4.79 Å². The van der Waals surface area contributed by atoms with Crippen molar-refractivity contribution in [1.82, 2.24) is 15.1 Å². The molecule has 7 heteroatoms. The van der Waals surface area contributed by atoms with Crippen LogP contribution in [0.25, 0.3) is 11.5 Å². The molecule has 0 unspecified atom stereocenters. The van der Waals surface area contributed by atoms with Crippen LogP contribution in [0.3, 0.4) is 0 Å². The summed E-state index contributed by atoms with van der Waals surface area (Å²) in [5, 5.41) is 9.65. The maximum atomic E-state index is 12.7. The van der Waals surface area contributed by atoms with Gasteiger partial charge in [0.1, 0.15) is 5.69 Å². The highest BCUT2D eigenvalue weighted by atomic mass is 32.2. The highest BCUT2D eigenvalue weighted by molar-refractivity contribution is 7.99. The van der Waals surface area contributed by atoms with E-state index in [1.807, 2.05) is 28.8 Å². The lowest BCUT2D eigenvalue weighted by atomic mass is 10.2. The maximum Gasteiger partial charge on any atom is 0.274 e. The van der Waals surface area contributed by atoms with Gasteiger partial charge in [-0.15, -0.1) is 11.3 Å². The van der Waals surface area contributed by atoms with E-state index in [-0.39, 0.29) is 5.91 Å². The number of rotatable bonds is 3. The molecular weight excluding hydrogens is 342 g/mol. The fourth-order valence-corrected chi connectivity index (χ4v) is 5.06. The molecule has 0 aliphatic carbocycles. The minimum absolute atomic E-state index is 0.0171. The zero-order valence-electron chi connectivity index (χ0n) is 13.0. The summed E-state index contributed by atoms with van der Waals surface area (Å²) in [4.78, 5) is 16.0. The van der Waals surface area contributed by atoms with Gasteiger partial charge in [-0.1, -0.05) is 6.07 Å². The van der Waals surface area contributed by atoms with Crippen molar-refractivity contribution in [1.29, 1.82) is 0 Å². The number of thiophene rings is 1. The molecule has 0 saturated carbocycles. The molecule has 5 nitrogen and oxygen atoms in total. The third kappa shape index (κ3) is 3.14. The number of furan rings is 1. The van der Waals surface area contributed by atoms with Gasteiger partial charge in [-0.25, -0.2) is 0 Å². The third-order valence-corrected chi connectivity index (χ3v) is 6.52. The Kier molecular flexibility index (Phi) is 4.44. The SMILES string of the molecule is O=C(c1cc(-c2ccco2)[nH]n1)N1CCS[C@H](c2cccs2)CC1. The summed E-state index contributed by atoms with van der Waals surface area (Å²) in [5.74, 6) is 1.62. The Hall–Kier alpha value is -1.99. The molecule has 1 amide bonds. The van der Waals surface area contributed by atoms with Crippen molar-refractivity contribution >= 4 is 29.0 Å². The minimum Gasteiger partial charge on any atom is -0.463 e. The highest BCUT2D eigenvalue weighted by Gasteiger charge is 2.25. The van der Waals surface area contributed by atoms with Crippen LogP contribution in [0, 0.1) is 0 Å². The van der Waals surface area contributed by atoms with Gasteiger partial charge in [-0.3, -0.25) is 9.89 Å². The normalized spacial score (nSPS) is 18.5. The lowest BCUT2D eigenvalue weighted by Gasteiger charge is -2.18. The van der Waals surface area contributed by atoms with Gasteiger partial charge in [0, 0.05) is 35.0 Å². The van der Waals surface area contributed by atoms with E-state index in [4.69, 9.17) is 4.42 Å². The summed E-state index contributed by atoms with van der Waals surface area (Å²) >= 11 is 3.73. The van der Waals surface area contributed by atoms with Gasteiger partial charge in [-0.2, -0.15) is 16.9 Å². The molecule has 0 radical (unpaired) electrons. The van der Waals surface area contributed by atoms with Crippen molar-refractivity contribution in [2.24, 2.45) is 0 Å². The number of hydrogen-bond donors (Lipinski definition) is 1. The molecule has 4 heterocycles. The number of carbonyl (C=O) groups excluding carboxylic acids is 1.